The lowest BCUT2D eigenvalue weighted by molar-refractivity contribution is 0.0972. The number of anilines is 1. The van der Waals surface area contributed by atoms with Crippen LogP contribution in [0.25, 0.3) is 0 Å². The highest BCUT2D eigenvalue weighted by atomic mass is 35.5. The SMILES string of the molecule is Cc1nc(C(=O)NC(Cc2ccc(Cl)cc2)=Nc2ccc(N3CCC(O)CC3)cc2)cs1. The quantitative estimate of drug-likeness (QED) is 0.417. The fraction of sp³-hybridized carbons (Fsp3) is 0.292. The Morgan fingerprint density at radius 1 is 1.19 bits per heavy atom. The average Bonchev–Trinajstić information content (AvgIpc) is 3.23. The molecule has 0 unspecified atom stereocenters. The zero-order valence-corrected chi connectivity index (χ0v) is 19.4. The number of carbonyl (C=O) groups is 1. The monoisotopic (exact) mass is 468 g/mol. The van der Waals surface area contributed by atoms with Gasteiger partial charge in [-0.15, -0.1) is 11.3 Å². The molecule has 0 aliphatic carbocycles. The Bertz CT molecular complexity index is 1090. The molecule has 1 amide bonds. The summed E-state index contributed by atoms with van der Waals surface area (Å²) in [4.78, 5) is 23.9. The fourth-order valence-electron chi connectivity index (χ4n) is 3.59. The van der Waals surface area contributed by atoms with Gasteiger partial charge in [0.05, 0.1) is 16.8 Å². The van der Waals surface area contributed by atoms with Gasteiger partial charge < -0.3 is 15.3 Å². The topological polar surface area (TPSA) is 77.8 Å². The number of amides is 1. The Morgan fingerprint density at radius 3 is 2.50 bits per heavy atom. The molecule has 0 spiro atoms. The zero-order chi connectivity index (χ0) is 22.5. The number of hydrogen-bond acceptors (Lipinski definition) is 6. The van der Waals surface area contributed by atoms with E-state index in [-0.39, 0.29) is 12.0 Å². The van der Waals surface area contributed by atoms with Gasteiger partial charge in [-0.2, -0.15) is 0 Å². The smallest absolute Gasteiger partial charge is 0.276 e. The number of benzene rings is 2. The van der Waals surface area contributed by atoms with Crippen molar-refractivity contribution in [3.8, 4) is 0 Å². The summed E-state index contributed by atoms with van der Waals surface area (Å²) in [7, 11) is 0. The molecule has 1 aliphatic heterocycles. The van der Waals surface area contributed by atoms with Crippen LogP contribution >= 0.6 is 22.9 Å². The highest BCUT2D eigenvalue weighted by Gasteiger charge is 2.17. The first kappa shape index (κ1) is 22.5. The van der Waals surface area contributed by atoms with Crippen LogP contribution in [0.3, 0.4) is 0 Å². The summed E-state index contributed by atoms with van der Waals surface area (Å²) in [6.07, 6.45) is 1.83. The molecule has 6 nitrogen and oxygen atoms in total. The van der Waals surface area contributed by atoms with Crippen LogP contribution < -0.4 is 10.2 Å². The number of aliphatic hydroxyl groups is 1. The van der Waals surface area contributed by atoms with E-state index in [4.69, 9.17) is 16.6 Å². The minimum atomic E-state index is -0.273. The predicted molar refractivity (Wildman–Crippen MR) is 130 cm³/mol. The minimum Gasteiger partial charge on any atom is -0.393 e. The second-order valence-electron chi connectivity index (χ2n) is 7.80. The molecule has 166 valence electrons. The van der Waals surface area contributed by atoms with Crippen molar-refractivity contribution in [2.45, 2.75) is 32.3 Å². The lowest BCUT2D eigenvalue weighted by Crippen LogP contribution is -2.35. The predicted octanol–water partition coefficient (Wildman–Crippen LogP) is 4.77. The number of nitrogens with zero attached hydrogens (tertiary/aromatic N) is 3. The molecule has 0 saturated carbocycles. The van der Waals surface area contributed by atoms with Gasteiger partial charge in [0.1, 0.15) is 11.5 Å². The summed E-state index contributed by atoms with van der Waals surface area (Å²) in [5, 5.41) is 15.9. The minimum absolute atomic E-state index is 0.198. The van der Waals surface area contributed by atoms with Crippen LogP contribution in [-0.4, -0.2) is 41.0 Å². The van der Waals surface area contributed by atoms with Crippen molar-refractivity contribution in [2.75, 3.05) is 18.0 Å². The molecule has 0 atom stereocenters. The van der Waals surface area contributed by atoms with E-state index in [0.29, 0.717) is 23.0 Å². The molecule has 1 aliphatic rings. The fourth-order valence-corrected chi connectivity index (χ4v) is 4.31. The molecular weight excluding hydrogens is 444 g/mol. The highest BCUT2D eigenvalue weighted by molar-refractivity contribution is 7.09. The molecule has 4 rings (SSSR count). The summed E-state index contributed by atoms with van der Waals surface area (Å²) in [6.45, 7) is 3.55. The summed E-state index contributed by atoms with van der Waals surface area (Å²) in [5.41, 5.74) is 3.24. The number of nitrogens with one attached hydrogen (secondary N) is 1. The number of halogens is 1. The van der Waals surface area contributed by atoms with Gasteiger partial charge in [-0.3, -0.25) is 4.79 Å². The number of aliphatic imine (C=N–C) groups is 1. The van der Waals surface area contributed by atoms with E-state index in [1.165, 1.54) is 11.3 Å². The van der Waals surface area contributed by atoms with E-state index in [1.54, 1.807) is 5.38 Å². The molecule has 1 fully saturated rings. The van der Waals surface area contributed by atoms with Crippen molar-refractivity contribution < 1.29 is 9.90 Å². The molecule has 8 heteroatoms. The molecule has 32 heavy (non-hydrogen) atoms. The summed E-state index contributed by atoms with van der Waals surface area (Å²) in [5.74, 6) is 0.266. The van der Waals surface area contributed by atoms with E-state index in [2.05, 4.69) is 15.2 Å². The first-order chi connectivity index (χ1) is 15.5. The van der Waals surface area contributed by atoms with Crippen LogP contribution in [0.4, 0.5) is 11.4 Å². The number of aromatic nitrogens is 1. The van der Waals surface area contributed by atoms with E-state index in [1.807, 2.05) is 55.5 Å². The lowest BCUT2D eigenvalue weighted by atomic mass is 10.1. The number of carbonyl (C=O) groups excluding carboxylic acids is 1. The number of amidine groups is 1. The van der Waals surface area contributed by atoms with E-state index < -0.39 is 0 Å². The van der Waals surface area contributed by atoms with Crippen LogP contribution in [0.15, 0.2) is 58.9 Å². The molecule has 2 heterocycles. The molecule has 3 aromatic rings. The van der Waals surface area contributed by atoms with Crippen LogP contribution in [-0.2, 0) is 6.42 Å². The van der Waals surface area contributed by atoms with Gasteiger partial charge in [-0.25, -0.2) is 9.98 Å². The zero-order valence-electron chi connectivity index (χ0n) is 17.8. The molecule has 0 radical (unpaired) electrons. The third-order valence-electron chi connectivity index (χ3n) is 5.34. The first-order valence-corrected chi connectivity index (χ1v) is 11.8. The van der Waals surface area contributed by atoms with Gasteiger partial charge in [-0.1, -0.05) is 23.7 Å². The second-order valence-corrected chi connectivity index (χ2v) is 9.30. The van der Waals surface area contributed by atoms with Crippen LogP contribution in [0.5, 0.6) is 0 Å². The van der Waals surface area contributed by atoms with Crippen LogP contribution in [0.1, 0.15) is 33.9 Å². The van der Waals surface area contributed by atoms with E-state index >= 15 is 0 Å². The molecular formula is C24H25ClN4O2S. The van der Waals surface area contributed by atoms with Gasteiger partial charge in [0.15, 0.2) is 0 Å². The van der Waals surface area contributed by atoms with Crippen LogP contribution in [0.2, 0.25) is 5.02 Å². The molecule has 2 aromatic carbocycles. The number of aliphatic hydroxyl groups excluding tert-OH is 1. The molecule has 0 bridgehead atoms. The van der Waals surface area contributed by atoms with Crippen molar-refractivity contribution in [3.05, 3.63) is 75.2 Å². The molecule has 1 aromatic heterocycles. The maximum absolute atomic E-state index is 12.7. The summed E-state index contributed by atoms with van der Waals surface area (Å²) < 4.78 is 0. The first-order valence-electron chi connectivity index (χ1n) is 10.5. The van der Waals surface area contributed by atoms with Crippen molar-refractivity contribution in [1.82, 2.24) is 10.3 Å². The highest BCUT2D eigenvalue weighted by Crippen LogP contribution is 2.23. The number of thiazole rings is 1. The number of rotatable bonds is 5. The molecule has 2 N–H and O–H groups in total. The van der Waals surface area contributed by atoms with Crippen molar-refractivity contribution in [1.29, 1.82) is 0 Å². The largest absolute Gasteiger partial charge is 0.393 e. The number of piperidine rings is 1. The number of aryl methyl sites for hydroxylation is 1. The Morgan fingerprint density at radius 2 is 1.88 bits per heavy atom. The van der Waals surface area contributed by atoms with Gasteiger partial charge in [0.25, 0.3) is 5.91 Å². The third kappa shape index (κ3) is 5.94. The Balaban J connectivity index is 1.53. The summed E-state index contributed by atoms with van der Waals surface area (Å²) in [6, 6.07) is 15.4. The maximum Gasteiger partial charge on any atom is 0.276 e. The van der Waals surface area contributed by atoms with Crippen molar-refractivity contribution in [3.63, 3.8) is 0 Å². The standard InChI is InChI=1S/C24H25ClN4O2S/c1-16-26-22(15-32-16)24(31)28-23(14-17-2-4-18(25)5-3-17)27-19-6-8-20(9-7-19)29-12-10-21(30)11-13-29/h2-9,15,21,30H,10-14H2,1H3,(H,27,28,31). The van der Waals surface area contributed by atoms with Crippen molar-refractivity contribution >= 4 is 46.1 Å². The normalized spacial score (nSPS) is 15.1. The summed E-state index contributed by atoms with van der Waals surface area (Å²) >= 11 is 7.44. The lowest BCUT2D eigenvalue weighted by Gasteiger charge is -2.31. The average molecular weight is 469 g/mol. The maximum atomic E-state index is 12.7. The van der Waals surface area contributed by atoms with Gasteiger partial charge in [0, 0.05) is 35.6 Å². The molecule has 1 saturated heterocycles. The van der Waals surface area contributed by atoms with Gasteiger partial charge in [0.2, 0.25) is 0 Å². The van der Waals surface area contributed by atoms with Crippen molar-refractivity contribution in [2.24, 2.45) is 4.99 Å². The Kier molecular flexibility index (Phi) is 7.19. The van der Waals surface area contributed by atoms with Gasteiger partial charge in [-0.05, 0) is 61.7 Å². The second kappa shape index (κ2) is 10.3. The van der Waals surface area contributed by atoms with Gasteiger partial charge >= 0.3 is 0 Å². The van der Waals surface area contributed by atoms with E-state index in [0.717, 1.165) is 47.9 Å². The Hall–Kier alpha value is -2.74. The third-order valence-corrected chi connectivity index (χ3v) is 6.36. The van der Waals surface area contributed by atoms with E-state index in [9.17, 15) is 9.90 Å². The number of hydrogen-bond donors (Lipinski definition) is 2. The Labute approximate surface area is 196 Å². The van der Waals surface area contributed by atoms with Crippen LogP contribution in [0, 0.1) is 6.92 Å².